The van der Waals surface area contributed by atoms with Crippen LogP contribution in [0.5, 0.6) is 0 Å². The van der Waals surface area contributed by atoms with Crippen LogP contribution in [-0.4, -0.2) is 34.5 Å². The summed E-state index contributed by atoms with van der Waals surface area (Å²) in [6, 6.07) is 1.83. The van der Waals surface area contributed by atoms with Gasteiger partial charge in [0.1, 0.15) is 11.3 Å². The van der Waals surface area contributed by atoms with E-state index in [2.05, 4.69) is 9.97 Å². The second-order valence-electron chi connectivity index (χ2n) is 5.72. The number of sulfone groups is 1. The molecule has 2 unspecified atom stereocenters. The maximum Gasteiger partial charge on any atom is 0.160 e. The highest BCUT2D eigenvalue weighted by Gasteiger charge is 2.30. The molecular formula is C14H18ClN3O2S. The fraction of sp³-hybridized carbons (Fsp3) is 0.571. The molecule has 1 aliphatic heterocycles. The van der Waals surface area contributed by atoms with Gasteiger partial charge in [-0.05, 0) is 38.3 Å². The Morgan fingerprint density at radius 3 is 2.90 bits per heavy atom. The zero-order chi connectivity index (χ0) is 15.2. The van der Waals surface area contributed by atoms with E-state index >= 15 is 0 Å². The molecule has 2 aromatic rings. The number of fused-ring (bicyclic) bond motifs is 1. The molecule has 0 saturated carbocycles. The number of alkyl halides is 1. The molecule has 1 aliphatic rings. The van der Waals surface area contributed by atoms with Crippen LogP contribution in [0.25, 0.3) is 11.2 Å². The molecule has 114 valence electrons. The molecule has 3 heterocycles. The van der Waals surface area contributed by atoms with Crippen molar-refractivity contribution >= 4 is 32.6 Å². The van der Waals surface area contributed by atoms with E-state index in [0.29, 0.717) is 12.2 Å². The molecule has 2 aromatic heterocycles. The maximum atomic E-state index is 11.9. The van der Waals surface area contributed by atoms with Gasteiger partial charge in [-0.25, -0.2) is 18.4 Å². The number of nitrogens with zero attached hydrogens (tertiary/aromatic N) is 3. The molecule has 0 aromatic carbocycles. The smallest absolute Gasteiger partial charge is 0.160 e. The third-order valence-corrected chi connectivity index (χ3v) is 5.85. The average Bonchev–Trinajstić information content (AvgIpc) is 2.76. The van der Waals surface area contributed by atoms with Crippen LogP contribution in [-0.2, 0) is 9.84 Å². The second kappa shape index (κ2) is 5.25. The molecular weight excluding hydrogens is 310 g/mol. The molecule has 0 bridgehead atoms. The molecule has 0 aliphatic carbocycles. The summed E-state index contributed by atoms with van der Waals surface area (Å²) in [5.41, 5.74) is 2.53. The van der Waals surface area contributed by atoms with Crippen LogP contribution >= 0.6 is 11.6 Å². The van der Waals surface area contributed by atoms with Gasteiger partial charge in [0.15, 0.2) is 15.5 Å². The lowest BCUT2D eigenvalue weighted by atomic mass is 10.1. The van der Waals surface area contributed by atoms with E-state index in [-0.39, 0.29) is 22.9 Å². The van der Waals surface area contributed by atoms with Gasteiger partial charge in [0, 0.05) is 6.20 Å². The van der Waals surface area contributed by atoms with Gasteiger partial charge in [-0.1, -0.05) is 0 Å². The van der Waals surface area contributed by atoms with Gasteiger partial charge in [0.05, 0.1) is 22.9 Å². The van der Waals surface area contributed by atoms with Crippen LogP contribution in [0.3, 0.4) is 0 Å². The molecule has 0 amide bonds. The van der Waals surface area contributed by atoms with Crippen molar-refractivity contribution in [2.24, 2.45) is 0 Å². The lowest BCUT2D eigenvalue weighted by molar-refractivity contribution is 0.464. The van der Waals surface area contributed by atoms with Crippen LogP contribution in [0, 0.1) is 6.92 Å². The Morgan fingerprint density at radius 1 is 1.48 bits per heavy atom. The van der Waals surface area contributed by atoms with Crippen LogP contribution in [0.2, 0.25) is 0 Å². The predicted molar refractivity (Wildman–Crippen MR) is 83.5 cm³/mol. The van der Waals surface area contributed by atoms with Crippen LogP contribution in [0.15, 0.2) is 12.3 Å². The zero-order valence-corrected chi connectivity index (χ0v) is 13.7. The van der Waals surface area contributed by atoms with E-state index in [1.54, 1.807) is 6.20 Å². The summed E-state index contributed by atoms with van der Waals surface area (Å²) in [4.78, 5) is 9.02. The Bertz CT molecular complexity index is 783. The third-order valence-electron chi connectivity index (χ3n) is 3.85. The highest BCUT2D eigenvalue weighted by Crippen LogP contribution is 2.32. The van der Waals surface area contributed by atoms with Crippen LogP contribution < -0.4 is 0 Å². The van der Waals surface area contributed by atoms with Gasteiger partial charge < -0.3 is 4.57 Å². The van der Waals surface area contributed by atoms with Crippen LogP contribution in [0.1, 0.15) is 42.6 Å². The minimum atomic E-state index is -3.00. The fourth-order valence-corrected chi connectivity index (χ4v) is 4.77. The van der Waals surface area contributed by atoms with Crippen molar-refractivity contribution in [2.75, 3.05) is 11.5 Å². The highest BCUT2D eigenvalue weighted by atomic mass is 35.5. The third kappa shape index (κ3) is 2.79. The molecule has 7 heteroatoms. The largest absolute Gasteiger partial charge is 0.307 e. The number of halogens is 1. The fourth-order valence-electron chi connectivity index (χ4n) is 2.94. The quantitative estimate of drug-likeness (QED) is 0.796. The Morgan fingerprint density at radius 2 is 2.24 bits per heavy atom. The standard InChI is InChI=1S/C14H18ClN3O2S/c1-9-6-12-14(16-7-9)18(13(17-12)10(2)15)11-4-3-5-21(19,20)8-11/h6-7,10-11H,3-5,8H2,1-2H3. The molecule has 1 fully saturated rings. The molecule has 0 spiro atoms. The number of rotatable bonds is 2. The molecule has 0 N–H and O–H groups in total. The van der Waals surface area contributed by atoms with E-state index in [0.717, 1.165) is 23.1 Å². The molecule has 1 saturated heterocycles. The van der Waals surface area contributed by atoms with Crippen molar-refractivity contribution in [1.29, 1.82) is 0 Å². The number of hydrogen-bond acceptors (Lipinski definition) is 4. The lowest BCUT2D eigenvalue weighted by Gasteiger charge is -2.25. The first kappa shape index (κ1) is 14.8. The van der Waals surface area contributed by atoms with Crippen molar-refractivity contribution in [1.82, 2.24) is 14.5 Å². The minimum Gasteiger partial charge on any atom is -0.307 e. The van der Waals surface area contributed by atoms with Crippen molar-refractivity contribution < 1.29 is 8.42 Å². The Balaban J connectivity index is 2.17. The molecule has 21 heavy (non-hydrogen) atoms. The first-order valence-corrected chi connectivity index (χ1v) is 9.32. The van der Waals surface area contributed by atoms with Crippen LogP contribution in [0.4, 0.5) is 0 Å². The summed E-state index contributed by atoms with van der Waals surface area (Å²) in [6.45, 7) is 3.81. The molecule has 5 nitrogen and oxygen atoms in total. The molecule has 2 atom stereocenters. The molecule has 3 rings (SSSR count). The van der Waals surface area contributed by atoms with E-state index in [1.807, 2.05) is 24.5 Å². The number of imidazole rings is 1. The number of aryl methyl sites for hydroxylation is 1. The van der Waals surface area contributed by atoms with Crippen molar-refractivity contribution in [3.63, 3.8) is 0 Å². The minimum absolute atomic E-state index is 0.125. The summed E-state index contributed by atoms with van der Waals surface area (Å²) >= 11 is 6.25. The van der Waals surface area contributed by atoms with Gasteiger partial charge in [0.2, 0.25) is 0 Å². The summed E-state index contributed by atoms with van der Waals surface area (Å²) in [5, 5.41) is -0.288. The zero-order valence-electron chi connectivity index (χ0n) is 12.1. The number of hydrogen-bond donors (Lipinski definition) is 0. The highest BCUT2D eigenvalue weighted by molar-refractivity contribution is 7.91. The van der Waals surface area contributed by atoms with Gasteiger partial charge in [0.25, 0.3) is 0 Å². The van der Waals surface area contributed by atoms with Gasteiger partial charge in [-0.2, -0.15) is 0 Å². The maximum absolute atomic E-state index is 11.9. The van der Waals surface area contributed by atoms with Gasteiger partial charge >= 0.3 is 0 Å². The second-order valence-corrected chi connectivity index (χ2v) is 8.61. The van der Waals surface area contributed by atoms with E-state index in [9.17, 15) is 8.42 Å². The van der Waals surface area contributed by atoms with Crippen molar-refractivity contribution in [2.45, 2.75) is 38.1 Å². The van der Waals surface area contributed by atoms with E-state index in [4.69, 9.17) is 11.6 Å². The first-order chi connectivity index (χ1) is 9.87. The summed E-state index contributed by atoms with van der Waals surface area (Å²) in [5.74, 6) is 1.12. The summed E-state index contributed by atoms with van der Waals surface area (Å²) < 4.78 is 25.8. The van der Waals surface area contributed by atoms with Gasteiger partial charge in [-0.15, -0.1) is 11.6 Å². The van der Waals surface area contributed by atoms with E-state index in [1.165, 1.54) is 0 Å². The molecule has 0 radical (unpaired) electrons. The van der Waals surface area contributed by atoms with Crippen molar-refractivity contribution in [3.05, 3.63) is 23.7 Å². The summed E-state index contributed by atoms with van der Waals surface area (Å²) in [6.07, 6.45) is 3.27. The monoisotopic (exact) mass is 327 g/mol. The first-order valence-electron chi connectivity index (χ1n) is 7.06. The number of aromatic nitrogens is 3. The number of pyridine rings is 1. The Hall–Kier alpha value is -1.14. The Labute approximate surface area is 129 Å². The SMILES string of the molecule is Cc1cnc2c(c1)nc(C(C)Cl)n2C1CCCS(=O)(=O)C1. The lowest BCUT2D eigenvalue weighted by Crippen LogP contribution is -2.28. The van der Waals surface area contributed by atoms with E-state index < -0.39 is 9.84 Å². The topological polar surface area (TPSA) is 64.8 Å². The average molecular weight is 328 g/mol. The normalized spacial score (nSPS) is 23.3. The van der Waals surface area contributed by atoms with Crippen molar-refractivity contribution in [3.8, 4) is 0 Å². The van der Waals surface area contributed by atoms with Gasteiger partial charge in [-0.3, -0.25) is 0 Å². The summed E-state index contributed by atoms with van der Waals surface area (Å²) in [7, 11) is -3.00. The Kier molecular flexibility index (Phi) is 3.69. The predicted octanol–water partition coefficient (Wildman–Crippen LogP) is 2.79.